The number of hydrogen-bond donors (Lipinski definition) is 2. The fraction of sp³-hybridized carbons (Fsp3) is 0.455. The quantitative estimate of drug-likeness (QED) is 0.274. The van der Waals surface area contributed by atoms with Crippen LogP contribution in [0.2, 0.25) is 0 Å². The molecule has 8 nitrogen and oxygen atoms in total. The number of hydrogen-bond acceptors (Lipinski definition) is 4. The summed E-state index contributed by atoms with van der Waals surface area (Å²) in [6.45, 7) is 16.8. The van der Waals surface area contributed by atoms with Crippen LogP contribution in [0.25, 0.3) is 0 Å². The number of nitrogens with zero attached hydrogens (tertiary/aromatic N) is 2. The first kappa shape index (κ1) is 26.8. The molecule has 0 saturated carbocycles. The second kappa shape index (κ2) is 16.8. The van der Waals surface area contributed by atoms with Gasteiger partial charge in [-0.15, -0.1) is 0 Å². The normalized spacial score (nSPS) is 9.73. The molecule has 30 heavy (non-hydrogen) atoms. The first-order valence-electron chi connectivity index (χ1n) is 10.0. The fourth-order valence-electron chi connectivity index (χ4n) is 2.64. The Morgan fingerprint density at radius 2 is 0.900 bits per heavy atom. The topological polar surface area (TPSA) is 98.8 Å². The Hall–Kier alpha value is -3.16. The second-order valence-electron chi connectivity index (χ2n) is 6.46. The van der Waals surface area contributed by atoms with Crippen molar-refractivity contribution in [1.82, 2.24) is 20.4 Å². The highest BCUT2D eigenvalue weighted by molar-refractivity contribution is 5.88. The smallest absolute Gasteiger partial charge is 0.245 e. The minimum Gasteiger partial charge on any atom is -0.353 e. The van der Waals surface area contributed by atoms with E-state index in [0.29, 0.717) is 65.0 Å². The molecule has 4 amide bonds. The zero-order chi connectivity index (χ0) is 22.8. The van der Waals surface area contributed by atoms with Gasteiger partial charge in [-0.25, -0.2) is 0 Å². The molecule has 0 aliphatic carbocycles. The first-order valence-corrected chi connectivity index (χ1v) is 10.0. The molecular formula is C22H34N4O4. The molecule has 0 aliphatic rings. The molecule has 0 aromatic heterocycles. The summed E-state index contributed by atoms with van der Waals surface area (Å²) in [6, 6.07) is 0. The van der Waals surface area contributed by atoms with Crippen LogP contribution in [0.5, 0.6) is 0 Å². The van der Waals surface area contributed by atoms with Gasteiger partial charge in [0.25, 0.3) is 0 Å². The minimum absolute atomic E-state index is 0.165. The Morgan fingerprint density at radius 3 is 1.20 bits per heavy atom. The molecule has 0 saturated heterocycles. The van der Waals surface area contributed by atoms with Gasteiger partial charge in [-0.05, 0) is 50.0 Å². The Balaban J connectivity index is 4.38. The van der Waals surface area contributed by atoms with E-state index in [1.165, 1.54) is 24.3 Å². The molecule has 0 rings (SSSR count). The number of amides is 4. The Morgan fingerprint density at radius 1 is 0.567 bits per heavy atom. The molecule has 0 spiro atoms. The second-order valence-corrected chi connectivity index (χ2v) is 6.46. The number of carbonyl (C=O) groups is 4. The van der Waals surface area contributed by atoms with Crippen molar-refractivity contribution >= 4 is 23.6 Å². The maximum absolute atomic E-state index is 12.0. The van der Waals surface area contributed by atoms with E-state index >= 15 is 0 Å². The Bertz CT molecular complexity index is 577. The van der Waals surface area contributed by atoms with Crippen LogP contribution in [0, 0.1) is 0 Å². The van der Waals surface area contributed by atoms with Crippen molar-refractivity contribution < 1.29 is 19.2 Å². The molecule has 0 fully saturated rings. The van der Waals surface area contributed by atoms with E-state index in [0.717, 1.165) is 0 Å². The van der Waals surface area contributed by atoms with Gasteiger partial charge >= 0.3 is 0 Å². The molecule has 0 atom stereocenters. The van der Waals surface area contributed by atoms with Crippen LogP contribution in [-0.2, 0) is 19.2 Å². The van der Waals surface area contributed by atoms with Crippen LogP contribution in [0.4, 0.5) is 0 Å². The summed E-state index contributed by atoms with van der Waals surface area (Å²) in [7, 11) is 0. The molecule has 0 aliphatic heterocycles. The van der Waals surface area contributed by atoms with Gasteiger partial charge in [0.1, 0.15) is 0 Å². The predicted molar refractivity (Wildman–Crippen MR) is 118 cm³/mol. The van der Waals surface area contributed by atoms with Crippen LogP contribution in [0.3, 0.4) is 0 Å². The monoisotopic (exact) mass is 418 g/mol. The molecule has 0 aromatic rings. The van der Waals surface area contributed by atoms with Crippen LogP contribution < -0.4 is 10.6 Å². The van der Waals surface area contributed by atoms with Crippen LogP contribution in [0.15, 0.2) is 50.6 Å². The molecule has 0 unspecified atom stereocenters. The largest absolute Gasteiger partial charge is 0.353 e. The van der Waals surface area contributed by atoms with Crippen molar-refractivity contribution in [2.45, 2.75) is 25.7 Å². The maximum atomic E-state index is 12.0. The van der Waals surface area contributed by atoms with E-state index in [1.54, 1.807) is 9.80 Å². The van der Waals surface area contributed by atoms with Gasteiger partial charge < -0.3 is 20.4 Å². The summed E-state index contributed by atoms with van der Waals surface area (Å²) in [6.07, 6.45) is 7.63. The van der Waals surface area contributed by atoms with Gasteiger partial charge in [-0.2, -0.15) is 0 Å². The van der Waals surface area contributed by atoms with Crippen LogP contribution in [0.1, 0.15) is 25.7 Å². The SMILES string of the molecule is C=CC(=O)NCCCN(CCCCN(CCCNC(=O)C=C)C(=O)C=C)C(=O)C=C. The Labute approximate surface area is 179 Å². The zero-order valence-corrected chi connectivity index (χ0v) is 17.7. The van der Waals surface area contributed by atoms with E-state index in [2.05, 4.69) is 36.9 Å². The Kier molecular flexibility index (Phi) is 15.0. The highest BCUT2D eigenvalue weighted by Crippen LogP contribution is 2.03. The first-order chi connectivity index (χ1) is 14.4. The van der Waals surface area contributed by atoms with Crippen molar-refractivity contribution in [1.29, 1.82) is 0 Å². The summed E-state index contributed by atoms with van der Waals surface area (Å²) in [5, 5.41) is 5.35. The maximum Gasteiger partial charge on any atom is 0.245 e. The van der Waals surface area contributed by atoms with E-state index in [4.69, 9.17) is 0 Å². The minimum atomic E-state index is -0.243. The summed E-state index contributed by atoms with van der Waals surface area (Å²) >= 11 is 0. The van der Waals surface area contributed by atoms with Crippen LogP contribution >= 0.6 is 0 Å². The number of unbranched alkanes of at least 4 members (excludes halogenated alkanes) is 1. The predicted octanol–water partition coefficient (Wildman–Crippen LogP) is 1.18. The van der Waals surface area contributed by atoms with Gasteiger partial charge in [0.05, 0.1) is 0 Å². The number of carbonyl (C=O) groups excluding carboxylic acids is 4. The molecule has 2 N–H and O–H groups in total. The lowest BCUT2D eigenvalue weighted by molar-refractivity contribution is -0.127. The lowest BCUT2D eigenvalue weighted by atomic mass is 10.2. The van der Waals surface area contributed by atoms with E-state index in [-0.39, 0.29) is 23.6 Å². The molecule has 8 heteroatoms. The summed E-state index contributed by atoms with van der Waals surface area (Å²) in [4.78, 5) is 49.7. The molecular weight excluding hydrogens is 384 g/mol. The summed E-state index contributed by atoms with van der Waals surface area (Å²) in [5.74, 6) is -0.815. The third kappa shape index (κ3) is 12.3. The van der Waals surface area contributed by atoms with Gasteiger partial charge in [0.2, 0.25) is 23.6 Å². The van der Waals surface area contributed by atoms with Gasteiger partial charge in [-0.1, -0.05) is 26.3 Å². The van der Waals surface area contributed by atoms with Crippen molar-refractivity contribution in [3.63, 3.8) is 0 Å². The van der Waals surface area contributed by atoms with E-state index in [9.17, 15) is 19.2 Å². The van der Waals surface area contributed by atoms with E-state index < -0.39 is 0 Å². The van der Waals surface area contributed by atoms with Gasteiger partial charge in [0.15, 0.2) is 0 Å². The lowest BCUT2D eigenvalue weighted by Crippen LogP contribution is -2.35. The summed E-state index contributed by atoms with van der Waals surface area (Å²) in [5.41, 5.74) is 0. The van der Waals surface area contributed by atoms with Crippen molar-refractivity contribution in [2.24, 2.45) is 0 Å². The highest BCUT2D eigenvalue weighted by atomic mass is 16.2. The third-order valence-corrected chi connectivity index (χ3v) is 4.26. The fourth-order valence-corrected chi connectivity index (χ4v) is 2.64. The van der Waals surface area contributed by atoms with Gasteiger partial charge in [0, 0.05) is 39.3 Å². The van der Waals surface area contributed by atoms with Crippen LogP contribution in [-0.4, -0.2) is 72.7 Å². The van der Waals surface area contributed by atoms with Gasteiger partial charge in [-0.3, -0.25) is 19.2 Å². The van der Waals surface area contributed by atoms with Crippen molar-refractivity contribution in [3.05, 3.63) is 50.6 Å². The molecule has 0 bridgehead atoms. The lowest BCUT2D eigenvalue weighted by Gasteiger charge is -2.24. The van der Waals surface area contributed by atoms with E-state index in [1.807, 2.05) is 0 Å². The third-order valence-electron chi connectivity index (χ3n) is 4.26. The van der Waals surface area contributed by atoms with Crippen molar-refractivity contribution in [3.8, 4) is 0 Å². The van der Waals surface area contributed by atoms with Crippen molar-refractivity contribution in [2.75, 3.05) is 39.3 Å². The number of rotatable bonds is 17. The average molecular weight is 419 g/mol. The standard InChI is InChI=1S/C22H34N4O4/c1-5-19(27)23-13-11-17-25(21(29)7-3)15-9-10-16-26(22(30)8-4)18-12-14-24-20(28)6-2/h5-8H,1-4,9-18H2,(H,23,27)(H,24,28). The highest BCUT2D eigenvalue weighted by Gasteiger charge is 2.12. The molecule has 0 heterocycles. The molecule has 0 radical (unpaired) electrons. The molecule has 166 valence electrons. The number of nitrogens with one attached hydrogen (secondary N) is 2. The zero-order valence-electron chi connectivity index (χ0n) is 17.7. The summed E-state index contributed by atoms with van der Waals surface area (Å²) < 4.78 is 0. The average Bonchev–Trinajstić information content (AvgIpc) is 2.77. The molecule has 0 aromatic carbocycles.